The van der Waals surface area contributed by atoms with Gasteiger partial charge in [-0.15, -0.1) is 0 Å². The molecule has 1 heterocycles. The quantitative estimate of drug-likeness (QED) is 0.681. The van der Waals surface area contributed by atoms with Crippen LogP contribution in [0.2, 0.25) is 0 Å². The van der Waals surface area contributed by atoms with Gasteiger partial charge in [-0.2, -0.15) is 0 Å². The molecule has 0 amide bonds. The smallest absolute Gasteiger partial charge is 0.119 e. The molecule has 0 bridgehead atoms. The number of ether oxygens (including phenoxy) is 3. The van der Waals surface area contributed by atoms with Gasteiger partial charge < -0.3 is 14.2 Å². The van der Waals surface area contributed by atoms with Crippen molar-refractivity contribution in [2.75, 3.05) is 46.6 Å². The van der Waals surface area contributed by atoms with Gasteiger partial charge in [0, 0.05) is 19.6 Å². The molecule has 2 aromatic carbocycles. The first-order valence-corrected chi connectivity index (χ1v) is 9.52. The highest BCUT2D eigenvalue weighted by Crippen LogP contribution is 2.28. The van der Waals surface area contributed by atoms with E-state index < -0.39 is 0 Å². The van der Waals surface area contributed by atoms with E-state index in [-0.39, 0.29) is 0 Å². The van der Waals surface area contributed by atoms with Gasteiger partial charge in [0.05, 0.1) is 20.3 Å². The zero-order valence-electron chi connectivity index (χ0n) is 16.5. The fourth-order valence-corrected chi connectivity index (χ4v) is 3.19. The van der Waals surface area contributed by atoms with E-state index in [0.717, 1.165) is 44.3 Å². The van der Waals surface area contributed by atoms with Crippen molar-refractivity contribution in [1.82, 2.24) is 4.90 Å². The van der Waals surface area contributed by atoms with E-state index in [2.05, 4.69) is 55.1 Å². The van der Waals surface area contributed by atoms with Crippen molar-refractivity contribution in [3.8, 4) is 11.5 Å². The van der Waals surface area contributed by atoms with Gasteiger partial charge in [0.2, 0.25) is 0 Å². The summed E-state index contributed by atoms with van der Waals surface area (Å²) in [6.07, 6.45) is 0. The summed E-state index contributed by atoms with van der Waals surface area (Å²) in [7, 11) is 1.69. The van der Waals surface area contributed by atoms with E-state index in [1.54, 1.807) is 7.11 Å². The molecular weight excluding hydrogens is 338 g/mol. The van der Waals surface area contributed by atoms with Crippen molar-refractivity contribution in [3.63, 3.8) is 0 Å². The Hall–Kier alpha value is -2.30. The summed E-state index contributed by atoms with van der Waals surface area (Å²) in [5.74, 6) is 1.80. The molecule has 2 aromatic rings. The Morgan fingerprint density at radius 1 is 0.852 bits per heavy atom. The lowest BCUT2D eigenvalue weighted by molar-refractivity contribution is 0.0322. The first-order valence-electron chi connectivity index (χ1n) is 9.52. The molecule has 0 N–H and O–H groups in total. The number of allylic oxidation sites excluding steroid dienone is 2. The van der Waals surface area contributed by atoms with Crippen molar-refractivity contribution < 1.29 is 14.2 Å². The predicted molar refractivity (Wildman–Crippen MR) is 110 cm³/mol. The van der Waals surface area contributed by atoms with Gasteiger partial charge in [-0.3, -0.25) is 4.90 Å². The molecule has 0 atom stereocenters. The van der Waals surface area contributed by atoms with E-state index in [1.165, 1.54) is 22.3 Å². The Bertz CT molecular complexity index is 744. The molecule has 0 saturated carbocycles. The Kier molecular flexibility index (Phi) is 6.91. The summed E-state index contributed by atoms with van der Waals surface area (Å²) in [5, 5.41) is 0. The highest BCUT2D eigenvalue weighted by molar-refractivity contribution is 5.89. The van der Waals surface area contributed by atoms with Crippen molar-refractivity contribution >= 4 is 11.1 Å². The van der Waals surface area contributed by atoms with Gasteiger partial charge >= 0.3 is 0 Å². The first-order chi connectivity index (χ1) is 13.2. The molecule has 4 heteroatoms. The summed E-state index contributed by atoms with van der Waals surface area (Å²) in [4.78, 5) is 2.38. The third-order valence-electron chi connectivity index (χ3n) is 5.15. The number of morpholine rings is 1. The Balaban J connectivity index is 1.59. The van der Waals surface area contributed by atoms with Crippen LogP contribution in [0.4, 0.5) is 0 Å². The SMILES string of the molecule is COc1ccc(/C(C)=C(\C)c2ccc(OCCN3CCOCC3)cc2)cc1. The number of methoxy groups -OCH3 is 1. The molecule has 3 rings (SSSR count). The number of rotatable bonds is 7. The van der Waals surface area contributed by atoms with Gasteiger partial charge in [-0.25, -0.2) is 0 Å². The zero-order chi connectivity index (χ0) is 19.1. The largest absolute Gasteiger partial charge is 0.497 e. The molecule has 0 radical (unpaired) electrons. The molecule has 27 heavy (non-hydrogen) atoms. The average molecular weight is 367 g/mol. The minimum atomic E-state index is 0.707. The van der Waals surface area contributed by atoms with Crippen molar-refractivity contribution in [2.45, 2.75) is 13.8 Å². The van der Waals surface area contributed by atoms with Crippen molar-refractivity contribution in [2.24, 2.45) is 0 Å². The fraction of sp³-hybridized carbons (Fsp3) is 0.391. The number of benzene rings is 2. The Labute approximate surface area is 162 Å². The van der Waals surface area contributed by atoms with E-state index in [1.807, 2.05) is 12.1 Å². The lowest BCUT2D eigenvalue weighted by Crippen LogP contribution is -2.38. The number of nitrogens with zero attached hydrogens (tertiary/aromatic N) is 1. The molecule has 0 aromatic heterocycles. The molecule has 4 nitrogen and oxygen atoms in total. The molecule has 1 aliphatic rings. The lowest BCUT2D eigenvalue weighted by Gasteiger charge is -2.26. The maximum Gasteiger partial charge on any atom is 0.119 e. The van der Waals surface area contributed by atoms with Crippen LogP contribution in [0.3, 0.4) is 0 Å². The predicted octanol–water partition coefficient (Wildman–Crippen LogP) is 4.36. The average Bonchev–Trinajstić information content (AvgIpc) is 2.74. The van der Waals surface area contributed by atoms with Crippen molar-refractivity contribution in [1.29, 1.82) is 0 Å². The first kappa shape index (κ1) is 19.5. The van der Waals surface area contributed by atoms with Crippen LogP contribution in [0.25, 0.3) is 11.1 Å². The second-order valence-corrected chi connectivity index (χ2v) is 6.81. The van der Waals surface area contributed by atoms with Gasteiger partial charge in [0.1, 0.15) is 18.1 Å². The fourth-order valence-electron chi connectivity index (χ4n) is 3.19. The molecule has 1 aliphatic heterocycles. The van der Waals surface area contributed by atoms with Gasteiger partial charge in [0.25, 0.3) is 0 Å². The molecular formula is C23H29NO3. The molecule has 1 saturated heterocycles. The molecule has 0 spiro atoms. The van der Waals surface area contributed by atoms with Gasteiger partial charge in [-0.05, 0) is 60.4 Å². The van der Waals surface area contributed by atoms with Crippen LogP contribution in [-0.4, -0.2) is 51.5 Å². The zero-order valence-corrected chi connectivity index (χ0v) is 16.5. The summed E-state index contributed by atoms with van der Waals surface area (Å²) in [5.41, 5.74) is 4.95. The highest BCUT2D eigenvalue weighted by atomic mass is 16.5. The molecule has 0 unspecified atom stereocenters. The van der Waals surface area contributed by atoms with Crippen LogP contribution in [0.15, 0.2) is 48.5 Å². The summed E-state index contributed by atoms with van der Waals surface area (Å²) < 4.78 is 16.5. The number of hydrogen-bond donors (Lipinski definition) is 0. The Morgan fingerprint density at radius 3 is 1.89 bits per heavy atom. The van der Waals surface area contributed by atoms with Crippen LogP contribution < -0.4 is 9.47 Å². The topological polar surface area (TPSA) is 30.9 Å². The van der Waals surface area contributed by atoms with E-state index in [4.69, 9.17) is 14.2 Å². The highest BCUT2D eigenvalue weighted by Gasteiger charge is 2.10. The molecule has 1 fully saturated rings. The third-order valence-corrected chi connectivity index (χ3v) is 5.15. The van der Waals surface area contributed by atoms with Crippen LogP contribution in [0.5, 0.6) is 11.5 Å². The summed E-state index contributed by atoms with van der Waals surface area (Å²) >= 11 is 0. The monoisotopic (exact) mass is 367 g/mol. The maximum atomic E-state index is 5.90. The maximum absolute atomic E-state index is 5.90. The third kappa shape index (κ3) is 5.34. The second kappa shape index (κ2) is 9.58. The number of hydrogen-bond acceptors (Lipinski definition) is 4. The minimum Gasteiger partial charge on any atom is -0.497 e. The van der Waals surface area contributed by atoms with Crippen LogP contribution in [0.1, 0.15) is 25.0 Å². The van der Waals surface area contributed by atoms with Crippen LogP contribution >= 0.6 is 0 Å². The Morgan fingerprint density at radius 2 is 1.37 bits per heavy atom. The minimum absolute atomic E-state index is 0.707. The van der Waals surface area contributed by atoms with Crippen LogP contribution in [0, 0.1) is 0 Å². The summed E-state index contributed by atoms with van der Waals surface area (Å²) in [6, 6.07) is 16.6. The van der Waals surface area contributed by atoms with E-state index >= 15 is 0 Å². The van der Waals surface area contributed by atoms with Crippen molar-refractivity contribution in [3.05, 3.63) is 59.7 Å². The normalized spacial score (nSPS) is 16.0. The lowest BCUT2D eigenvalue weighted by atomic mass is 9.97. The molecule has 0 aliphatic carbocycles. The van der Waals surface area contributed by atoms with E-state index in [9.17, 15) is 0 Å². The van der Waals surface area contributed by atoms with Gasteiger partial charge in [-0.1, -0.05) is 24.3 Å². The summed E-state index contributed by atoms with van der Waals surface area (Å²) in [6.45, 7) is 9.62. The van der Waals surface area contributed by atoms with Gasteiger partial charge in [0.15, 0.2) is 0 Å². The van der Waals surface area contributed by atoms with E-state index in [0.29, 0.717) is 6.61 Å². The second-order valence-electron chi connectivity index (χ2n) is 6.81. The van der Waals surface area contributed by atoms with Crippen LogP contribution in [-0.2, 0) is 4.74 Å². The standard InChI is InChI=1S/C23H29NO3/c1-18(20-4-8-22(25-3)9-5-20)19(2)21-6-10-23(11-7-21)27-17-14-24-12-15-26-16-13-24/h4-11H,12-17H2,1-3H3/b19-18+. The molecule has 144 valence electrons.